The van der Waals surface area contributed by atoms with Crippen LogP contribution in [0.2, 0.25) is 0 Å². The topological polar surface area (TPSA) is 92.7 Å². The van der Waals surface area contributed by atoms with Crippen molar-refractivity contribution in [2.75, 3.05) is 6.54 Å². The predicted octanol–water partition coefficient (Wildman–Crippen LogP) is 7.97. The van der Waals surface area contributed by atoms with Crippen molar-refractivity contribution in [1.29, 1.82) is 0 Å². The minimum Gasteiger partial charge on any atom is -0.478 e. The molecule has 1 aromatic carbocycles. The van der Waals surface area contributed by atoms with Crippen molar-refractivity contribution in [3.63, 3.8) is 0 Å². The van der Waals surface area contributed by atoms with Gasteiger partial charge >= 0.3 is 11.9 Å². The molecule has 0 spiro atoms. The summed E-state index contributed by atoms with van der Waals surface area (Å²) in [7, 11) is 0. The smallest absolute Gasteiger partial charge is 0.339 e. The maximum atomic E-state index is 12.1. The van der Waals surface area contributed by atoms with Crippen molar-refractivity contribution >= 4 is 17.8 Å². The second kappa shape index (κ2) is 23.0. The molecule has 0 aliphatic carbocycles. The largest absolute Gasteiger partial charge is 0.478 e. The van der Waals surface area contributed by atoms with E-state index >= 15 is 0 Å². The van der Waals surface area contributed by atoms with Gasteiger partial charge in [0, 0.05) is 19.4 Å². The van der Waals surface area contributed by atoms with Gasteiger partial charge < -0.3 is 15.2 Å². The van der Waals surface area contributed by atoms with Crippen LogP contribution in [0.4, 0.5) is 0 Å². The van der Waals surface area contributed by atoms with Crippen molar-refractivity contribution in [2.24, 2.45) is 0 Å². The number of carbonyl (C=O) groups is 3. The molecule has 0 bridgehead atoms. The predicted molar refractivity (Wildman–Crippen MR) is 163 cm³/mol. The molecule has 0 aliphatic heterocycles. The SMILES string of the molecule is CC/C=C\C/C=C\C/C=C\C/C=C\C/C=C\C/C=C\CCC(=O)NCCCC(=O)Oc1cc(C)ccc1C(=O)O. The lowest BCUT2D eigenvalue weighted by Crippen LogP contribution is -2.24. The normalized spacial score (nSPS) is 12.2. The fraction of sp³-hybridized carbons (Fsp3) is 0.382. The number of hydrogen-bond donors (Lipinski definition) is 2. The summed E-state index contributed by atoms with van der Waals surface area (Å²) in [4.78, 5) is 35.3. The van der Waals surface area contributed by atoms with Gasteiger partial charge in [0.1, 0.15) is 11.3 Å². The summed E-state index contributed by atoms with van der Waals surface area (Å²) in [6.45, 7) is 4.29. The summed E-state index contributed by atoms with van der Waals surface area (Å²) >= 11 is 0. The summed E-state index contributed by atoms with van der Waals surface area (Å²) in [6.07, 6.45) is 33.1. The zero-order chi connectivity index (χ0) is 29.3. The van der Waals surface area contributed by atoms with E-state index in [4.69, 9.17) is 4.74 Å². The van der Waals surface area contributed by atoms with Crippen molar-refractivity contribution in [3.8, 4) is 5.75 Å². The van der Waals surface area contributed by atoms with Crippen LogP contribution >= 0.6 is 0 Å². The van der Waals surface area contributed by atoms with Gasteiger partial charge in [-0.05, 0) is 76.0 Å². The minimum atomic E-state index is -1.15. The van der Waals surface area contributed by atoms with Crippen LogP contribution in [0.5, 0.6) is 5.75 Å². The third-order valence-electron chi connectivity index (χ3n) is 5.61. The molecule has 6 heteroatoms. The van der Waals surface area contributed by atoms with Gasteiger partial charge in [-0.15, -0.1) is 0 Å². The fourth-order valence-electron chi connectivity index (χ4n) is 3.47. The fourth-order valence-corrected chi connectivity index (χ4v) is 3.47. The molecule has 216 valence electrons. The van der Waals surface area contributed by atoms with E-state index in [0.717, 1.165) is 44.1 Å². The molecule has 2 N–H and O–H groups in total. The molecule has 0 fully saturated rings. The molecular weight excluding hydrogens is 502 g/mol. The molecule has 0 radical (unpaired) electrons. The number of carboxylic acids is 1. The van der Waals surface area contributed by atoms with Crippen LogP contribution in [0, 0.1) is 6.92 Å². The van der Waals surface area contributed by atoms with E-state index in [0.29, 0.717) is 25.8 Å². The van der Waals surface area contributed by atoms with Crippen LogP contribution in [0.15, 0.2) is 91.1 Å². The highest BCUT2D eigenvalue weighted by molar-refractivity contribution is 5.92. The number of carbonyl (C=O) groups excluding carboxylic acids is 2. The number of benzene rings is 1. The first-order chi connectivity index (χ1) is 19.4. The van der Waals surface area contributed by atoms with Crippen LogP contribution in [0.3, 0.4) is 0 Å². The van der Waals surface area contributed by atoms with Gasteiger partial charge in [-0.2, -0.15) is 0 Å². The lowest BCUT2D eigenvalue weighted by Gasteiger charge is -2.09. The number of rotatable bonds is 20. The molecule has 0 heterocycles. The molecule has 1 amide bonds. The molecule has 40 heavy (non-hydrogen) atoms. The molecule has 0 saturated carbocycles. The highest BCUT2D eigenvalue weighted by atomic mass is 16.5. The average molecular weight is 548 g/mol. The van der Waals surface area contributed by atoms with Crippen LogP contribution < -0.4 is 10.1 Å². The number of aromatic carboxylic acids is 1. The number of hydrogen-bond acceptors (Lipinski definition) is 4. The van der Waals surface area contributed by atoms with Gasteiger partial charge in [0.25, 0.3) is 0 Å². The van der Waals surface area contributed by atoms with Crippen molar-refractivity contribution in [1.82, 2.24) is 5.32 Å². The minimum absolute atomic E-state index is 0.0397. The van der Waals surface area contributed by atoms with Gasteiger partial charge in [-0.1, -0.05) is 85.9 Å². The lowest BCUT2D eigenvalue weighted by atomic mass is 10.1. The zero-order valence-corrected chi connectivity index (χ0v) is 24.0. The molecule has 0 aliphatic rings. The van der Waals surface area contributed by atoms with Crippen molar-refractivity contribution < 1.29 is 24.2 Å². The second-order valence-corrected chi connectivity index (χ2v) is 9.19. The van der Waals surface area contributed by atoms with E-state index in [1.54, 1.807) is 13.0 Å². The molecule has 0 atom stereocenters. The first-order valence-corrected chi connectivity index (χ1v) is 14.1. The zero-order valence-electron chi connectivity index (χ0n) is 24.0. The molecule has 1 rings (SSSR count). The lowest BCUT2D eigenvalue weighted by molar-refractivity contribution is -0.134. The Hall–Kier alpha value is -3.93. The number of ether oxygens (including phenoxy) is 1. The number of esters is 1. The molecule has 6 nitrogen and oxygen atoms in total. The highest BCUT2D eigenvalue weighted by Gasteiger charge is 2.14. The van der Waals surface area contributed by atoms with Gasteiger partial charge in [0.05, 0.1) is 0 Å². The van der Waals surface area contributed by atoms with E-state index < -0.39 is 11.9 Å². The van der Waals surface area contributed by atoms with Crippen molar-refractivity contribution in [3.05, 3.63) is 102 Å². The molecule has 1 aromatic rings. The first kappa shape index (κ1) is 34.1. The highest BCUT2D eigenvalue weighted by Crippen LogP contribution is 2.21. The van der Waals surface area contributed by atoms with Gasteiger partial charge in [0.2, 0.25) is 5.91 Å². The van der Waals surface area contributed by atoms with E-state index in [2.05, 4.69) is 79.1 Å². The number of carboxylic acid groups (broad SMARTS) is 1. The second-order valence-electron chi connectivity index (χ2n) is 9.19. The number of aryl methyl sites for hydroxylation is 1. The Morgan fingerprint density at radius 3 is 1.82 bits per heavy atom. The molecule has 0 aromatic heterocycles. The van der Waals surface area contributed by atoms with Crippen LogP contribution in [-0.2, 0) is 9.59 Å². The Morgan fingerprint density at radius 1 is 0.775 bits per heavy atom. The molecule has 0 unspecified atom stereocenters. The number of nitrogens with one attached hydrogen (secondary N) is 1. The van der Waals surface area contributed by atoms with E-state index in [9.17, 15) is 19.5 Å². The van der Waals surface area contributed by atoms with Gasteiger partial charge in [0.15, 0.2) is 0 Å². The van der Waals surface area contributed by atoms with Crippen LogP contribution in [0.1, 0.15) is 87.1 Å². The summed E-state index contributed by atoms with van der Waals surface area (Å²) in [5.74, 6) is -1.71. The van der Waals surface area contributed by atoms with Crippen LogP contribution in [0.25, 0.3) is 0 Å². The monoisotopic (exact) mass is 547 g/mol. The number of amides is 1. The van der Waals surface area contributed by atoms with Crippen molar-refractivity contribution in [2.45, 2.75) is 78.1 Å². The van der Waals surface area contributed by atoms with E-state index in [1.807, 2.05) is 6.08 Å². The standard InChI is InChI=1S/C34H45NO5/c1-3-4-5-6-7-8-9-10-11-12-13-14-15-16-17-18-19-20-21-23-32(36)35-27-22-24-33(37)40-31-28-29(2)25-26-30(31)34(38)39/h4-5,7-8,10-11,13-14,16-17,19-20,25-26,28H,3,6,9,12,15,18,21-24,27H2,1-2H3,(H,35,36)(H,38,39)/b5-4-,8-7-,11-10-,14-13-,17-16-,20-19-. The Bertz CT molecular complexity index is 1080. The van der Waals surface area contributed by atoms with Gasteiger partial charge in [-0.3, -0.25) is 9.59 Å². The molecule has 0 saturated heterocycles. The quantitative estimate of drug-likeness (QED) is 0.0747. The maximum absolute atomic E-state index is 12.1. The van der Waals surface area contributed by atoms with Crippen LogP contribution in [-0.4, -0.2) is 29.5 Å². The maximum Gasteiger partial charge on any atom is 0.339 e. The first-order valence-electron chi connectivity index (χ1n) is 14.1. The van der Waals surface area contributed by atoms with E-state index in [1.165, 1.54) is 12.1 Å². The summed E-state index contributed by atoms with van der Waals surface area (Å²) < 4.78 is 5.21. The third-order valence-corrected chi connectivity index (χ3v) is 5.61. The van der Waals surface area contributed by atoms with E-state index in [-0.39, 0.29) is 23.6 Å². The third kappa shape index (κ3) is 18.3. The van der Waals surface area contributed by atoms with Gasteiger partial charge in [-0.25, -0.2) is 4.79 Å². The Morgan fingerprint density at radius 2 is 1.30 bits per heavy atom. The average Bonchev–Trinajstić information content (AvgIpc) is 2.92. The summed E-state index contributed by atoms with van der Waals surface area (Å²) in [6, 6.07) is 4.59. The molecular formula is C34H45NO5. The Balaban J connectivity index is 2.06. The number of allylic oxidation sites excluding steroid dienone is 12. The summed E-state index contributed by atoms with van der Waals surface area (Å²) in [5, 5.41) is 12.0. The Labute approximate surface area is 239 Å². The summed E-state index contributed by atoms with van der Waals surface area (Å²) in [5.41, 5.74) is 0.744. The Kier molecular flexibility index (Phi) is 19.6.